The lowest BCUT2D eigenvalue weighted by Gasteiger charge is -2.15. The van der Waals surface area contributed by atoms with Crippen molar-refractivity contribution in [2.75, 3.05) is 0 Å². The van der Waals surface area contributed by atoms with Crippen molar-refractivity contribution in [2.45, 2.75) is 12.3 Å². The van der Waals surface area contributed by atoms with Gasteiger partial charge in [0.1, 0.15) is 0 Å². The van der Waals surface area contributed by atoms with Crippen molar-refractivity contribution < 1.29 is 0 Å². The van der Waals surface area contributed by atoms with Gasteiger partial charge in [-0.25, -0.2) is 0 Å². The Morgan fingerprint density at radius 1 is 1.17 bits per heavy atom. The van der Waals surface area contributed by atoms with Crippen LogP contribution in [0.25, 0.3) is 6.08 Å². The largest absolute Gasteiger partial charge is 0.0832 e. The highest BCUT2D eigenvalue weighted by Gasteiger charge is 2.19. The molecule has 2 aliphatic carbocycles. The third-order valence-corrected chi connectivity index (χ3v) is 2.73. The van der Waals surface area contributed by atoms with Crippen LogP contribution >= 0.6 is 0 Å². The van der Waals surface area contributed by atoms with Crippen LogP contribution in [-0.4, -0.2) is 0 Å². The number of benzene rings is 1. The van der Waals surface area contributed by atoms with Crippen LogP contribution in [0.1, 0.15) is 22.6 Å². The van der Waals surface area contributed by atoms with E-state index in [4.69, 9.17) is 0 Å². The van der Waals surface area contributed by atoms with Crippen LogP contribution in [0, 0.1) is 0 Å². The van der Waals surface area contributed by atoms with Crippen molar-refractivity contribution in [3.63, 3.8) is 0 Å². The summed E-state index contributed by atoms with van der Waals surface area (Å²) in [5.74, 6) is 0.574. The van der Waals surface area contributed by atoms with Gasteiger partial charge in [-0.1, -0.05) is 42.5 Å². The Balaban J connectivity index is 2.33. The molecule has 0 bridgehead atoms. The van der Waals surface area contributed by atoms with Gasteiger partial charge < -0.3 is 0 Å². The molecule has 0 aromatic heterocycles. The van der Waals surface area contributed by atoms with Gasteiger partial charge >= 0.3 is 0 Å². The third kappa shape index (κ3) is 0.672. The molecule has 0 amide bonds. The normalized spacial score (nSPS) is 22.8. The van der Waals surface area contributed by atoms with Crippen LogP contribution < -0.4 is 0 Å². The molecular weight excluding hydrogens is 144 g/mol. The van der Waals surface area contributed by atoms with Crippen molar-refractivity contribution in [2.24, 2.45) is 0 Å². The average Bonchev–Trinajstić information content (AvgIpc) is 2.52. The summed E-state index contributed by atoms with van der Waals surface area (Å²) < 4.78 is 0. The lowest BCUT2D eigenvalue weighted by Crippen LogP contribution is -2.00. The van der Waals surface area contributed by atoms with E-state index >= 15 is 0 Å². The minimum Gasteiger partial charge on any atom is -0.0832 e. The molecule has 2 aliphatic rings. The molecule has 0 fully saturated rings. The summed E-state index contributed by atoms with van der Waals surface area (Å²) in [5.41, 5.74) is 4.46. The quantitative estimate of drug-likeness (QED) is 0.504. The molecule has 0 saturated carbocycles. The Morgan fingerprint density at radius 3 is 3.17 bits per heavy atom. The summed E-state index contributed by atoms with van der Waals surface area (Å²) in [6.45, 7) is 0. The van der Waals surface area contributed by atoms with E-state index in [-0.39, 0.29) is 0 Å². The van der Waals surface area contributed by atoms with Gasteiger partial charge in [0, 0.05) is 5.92 Å². The first-order chi connectivity index (χ1) is 5.95. The van der Waals surface area contributed by atoms with E-state index in [1.165, 1.54) is 11.1 Å². The number of hydrogen-bond acceptors (Lipinski definition) is 0. The minimum absolute atomic E-state index is 0.574. The van der Waals surface area contributed by atoms with Gasteiger partial charge in [0.2, 0.25) is 0 Å². The third-order valence-electron chi connectivity index (χ3n) is 2.73. The van der Waals surface area contributed by atoms with Crippen molar-refractivity contribution in [1.82, 2.24) is 0 Å². The second-order valence-corrected chi connectivity index (χ2v) is 3.44. The van der Waals surface area contributed by atoms with Gasteiger partial charge in [0.15, 0.2) is 0 Å². The zero-order chi connectivity index (χ0) is 7.97. The number of hydrogen-bond donors (Lipinski definition) is 0. The second kappa shape index (κ2) is 2.10. The van der Waals surface area contributed by atoms with Gasteiger partial charge in [0.05, 0.1) is 0 Å². The molecule has 0 heteroatoms. The van der Waals surface area contributed by atoms with E-state index in [9.17, 15) is 0 Å². The fourth-order valence-electron chi connectivity index (χ4n) is 2.17. The molecule has 0 radical (unpaired) electrons. The summed E-state index contributed by atoms with van der Waals surface area (Å²) in [6, 6.07) is 6.59. The molecule has 1 atom stereocenters. The average molecular weight is 154 g/mol. The minimum atomic E-state index is 0.574. The standard InChI is InChI=1S/C12H10/c1-3-9-4-2-6-11-8-7-10(5-1)12(9)11/h1-3,5-8,11H,4H2. The molecule has 0 saturated heterocycles. The van der Waals surface area contributed by atoms with E-state index in [2.05, 4.69) is 42.5 Å². The van der Waals surface area contributed by atoms with Gasteiger partial charge in [-0.2, -0.15) is 0 Å². The van der Waals surface area contributed by atoms with Crippen LogP contribution in [-0.2, 0) is 6.42 Å². The van der Waals surface area contributed by atoms with Gasteiger partial charge in [-0.15, -0.1) is 0 Å². The van der Waals surface area contributed by atoms with Crippen LogP contribution in [0.3, 0.4) is 0 Å². The Labute approximate surface area is 72.2 Å². The Bertz CT molecular complexity index is 383. The summed E-state index contributed by atoms with van der Waals surface area (Å²) in [5, 5.41) is 0. The summed E-state index contributed by atoms with van der Waals surface area (Å²) in [6.07, 6.45) is 10.2. The lowest BCUT2D eigenvalue weighted by molar-refractivity contribution is 1.01. The predicted octanol–water partition coefficient (Wildman–Crippen LogP) is 2.91. The molecular formula is C12H10. The molecule has 58 valence electrons. The maximum atomic E-state index is 2.30. The van der Waals surface area contributed by atoms with Gasteiger partial charge in [0.25, 0.3) is 0 Å². The monoisotopic (exact) mass is 154 g/mol. The highest BCUT2D eigenvalue weighted by molar-refractivity contribution is 5.67. The summed E-state index contributed by atoms with van der Waals surface area (Å²) >= 11 is 0. The van der Waals surface area contributed by atoms with Gasteiger partial charge in [-0.3, -0.25) is 0 Å². The molecule has 0 nitrogen and oxygen atoms in total. The first kappa shape index (κ1) is 6.24. The molecule has 3 rings (SSSR count). The lowest BCUT2D eigenvalue weighted by atomic mass is 9.89. The highest BCUT2D eigenvalue weighted by atomic mass is 14.2. The van der Waals surface area contributed by atoms with E-state index in [0.717, 1.165) is 6.42 Å². The first-order valence-corrected chi connectivity index (χ1v) is 4.42. The predicted molar refractivity (Wildman–Crippen MR) is 51.1 cm³/mol. The van der Waals surface area contributed by atoms with Crippen LogP contribution in [0.5, 0.6) is 0 Å². The molecule has 0 aliphatic heterocycles. The van der Waals surface area contributed by atoms with Crippen LogP contribution in [0.2, 0.25) is 0 Å². The molecule has 0 heterocycles. The SMILES string of the molecule is C1=CC2C=Cc3cccc(c32)C1. The van der Waals surface area contributed by atoms with Gasteiger partial charge in [-0.05, 0) is 23.1 Å². The zero-order valence-corrected chi connectivity index (χ0v) is 6.83. The van der Waals surface area contributed by atoms with E-state index < -0.39 is 0 Å². The molecule has 1 aromatic rings. The molecule has 1 unspecified atom stereocenters. The fraction of sp³-hybridized carbons (Fsp3) is 0.167. The van der Waals surface area contributed by atoms with E-state index in [1.54, 1.807) is 5.56 Å². The molecule has 12 heavy (non-hydrogen) atoms. The highest BCUT2D eigenvalue weighted by Crippen LogP contribution is 2.36. The number of rotatable bonds is 0. The maximum absolute atomic E-state index is 2.30. The Hall–Kier alpha value is -1.30. The Morgan fingerprint density at radius 2 is 2.17 bits per heavy atom. The second-order valence-electron chi connectivity index (χ2n) is 3.44. The maximum Gasteiger partial charge on any atom is 0.0210 e. The summed E-state index contributed by atoms with van der Waals surface area (Å²) in [4.78, 5) is 0. The van der Waals surface area contributed by atoms with E-state index in [1.807, 2.05) is 0 Å². The Kier molecular flexibility index (Phi) is 1.09. The van der Waals surface area contributed by atoms with Crippen molar-refractivity contribution in [3.05, 3.63) is 53.1 Å². The van der Waals surface area contributed by atoms with Crippen molar-refractivity contribution in [3.8, 4) is 0 Å². The van der Waals surface area contributed by atoms with E-state index in [0.29, 0.717) is 5.92 Å². The van der Waals surface area contributed by atoms with Crippen LogP contribution in [0.4, 0.5) is 0 Å². The summed E-state index contributed by atoms with van der Waals surface area (Å²) in [7, 11) is 0. The number of allylic oxidation sites excluding steroid dienone is 3. The molecule has 0 N–H and O–H groups in total. The molecule has 1 aromatic carbocycles. The molecule has 0 spiro atoms. The smallest absolute Gasteiger partial charge is 0.0210 e. The van der Waals surface area contributed by atoms with Crippen molar-refractivity contribution >= 4 is 6.08 Å². The topological polar surface area (TPSA) is 0 Å². The van der Waals surface area contributed by atoms with Crippen LogP contribution in [0.15, 0.2) is 36.4 Å². The fourth-order valence-corrected chi connectivity index (χ4v) is 2.17. The zero-order valence-electron chi connectivity index (χ0n) is 6.83. The van der Waals surface area contributed by atoms with Crippen molar-refractivity contribution in [1.29, 1.82) is 0 Å². The first-order valence-electron chi connectivity index (χ1n) is 4.42.